The molecule has 0 aromatic heterocycles. The van der Waals surface area contributed by atoms with E-state index in [1.807, 2.05) is 69.1 Å². The van der Waals surface area contributed by atoms with Gasteiger partial charge in [-0.05, 0) is 38.2 Å². The molecule has 2 atom stereocenters. The molecule has 0 saturated carbocycles. The smallest absolute Gasteiger partial charge is 0.340 e. The SMILES string of the molecule is C=C(C)/C=C\C=C/C.CC.C[C-](CC1=[C-]C(C)C/C=C/C(C(=O)N2CC[C@H](C)C2)=C\1)c1ccc(F)cc1.[K+]. The molecule has 3 rings (SSSR count). The largest absolute Gasteiger partial charge is 1.00 e. The van der Waals surface area contributed by atoms with Crippen LogP contribution in [0.25, 0.3) is 0 Å². The third kappa shape index (κ3) is 14.1. The maximum Gasteiger partial charge on any atom is 1.00 e. The molecule has 38 heavy (non-hydrogen) atoms. The molecule has 2 aliphatic rings. The quantitative estimate of drug-likeness (QED) is 0.245. The van der Waals surface area contributed by atoms with Crippen LogP contribution in [0.3, 0.4) is 0 Å². The van der Waals surface area contributed by atoms with Crippen LogP contribution < -0.4 is 51.4 Å². The molecule has 1 aromatic rings. The van der Waals surface area contributed by atoms with Crippen LogP contribution in [0.2, 0.25) is 0 Å². The minimum absolute atomic E-state index is 0. The van der Waals surface area contributed by atoms with Crippen molar-refractivity contribution in [1.82, 2.24) is 4.90 Å². The summed E-state index contributed by atoms with van der Waals surface area (Å²) >= 11 is 0. The van der Waals surface area contributed by atoms with Crippen molar-refractivity contribution in [1.29, 1.82) is 0 Å². The Bertz CT molecular complexity index is 1000. The van der Waals surface area contributed by atoms with E-state index in [1.54, 1.807) is 12.1 Å². The zero-order chi connectivity index (χ0) is 27.8. The van der Waals surface area contributed by atoms with Crippen molar-refractivity contribution in [3.63, 3.8) is 0 Å². The van der Waals surface area contributed by atoms with Gasteiger partial charge in [0.05, 0.1) is 5.82 Å². The molecule has 0 radical (unpaired) electrons. The molecule has 0 N–H and O–H groups in total. The van der Waals surface area contributed by atoms with Gasteiger partial charge in [-0.3, -0.25) is 10.9 Å². The molecule has 0 spiro atoms. The molecular weight excluding hydrogens is 496 g/mol. The summed E-state index contributed by atoms with van der Waals surface area (Å²) in [6.45, 7) is 19.7. The monoisotopic (exact) mass is 542 g/mol. The van der Waals surface area contributed by atoms with Gasteiger partial charge in [0.15, 0.2) is 0 Å². The van der Waals surface area contributed by atoms with Crippen LogP contribution in [-0.2, 0) is 4.79 Å². The minimum atomic E-state index is -0.227. The zero-order valence-corrected chi connectivity index (χ0v) is 28.1. The van der Waals surface area contributed by atoms with E-state index in [2.05, 4.69) is 39.5 Å². The Morgan fingerprint density at radius 2 is 1.87 bits per heavy atom. The van der Waals surface area contributed by atoms with E-state index >= 15 is 0 Å². The van der Waals surface area contributed by atoms with Gasteiger partial charge in [0.1, 0.15) is 0 Å². The van der Waals surface area contributed by atoms with E-state index < -0.39 is 0 Å². The number of likely N-dealkylation sites (tertiary alicyclic amines) is 1. The average Bonchev–Trinajstić information content (AvgIpc) is 3.30. The number of hydrogen-bond acceptors (Lipinski definition) is 1. The normalized spacial score (nSPS) is 20.9. The van der Waals surface area contributed by atoms with Crippen LogP contribution in [-0.4, -0.2) is 23.9 Å². The summed E-state index contributed by atoms with van der Waals surface area (Å²) in [6.07, 6.45) is 20.1. The van der Waals surface area contributed by atoms with Gasteiger partial charge in [-0.15, -0.1) is 0 Å². The van der Waals surface area contributed by atoms with E-state index in [0.717, 1.165) is 54.1 Å². The first-order valence-electron chi connectivity index (χ1n) is 13.5. The molecule has 1 fully saturated rings. The van der Waals surface area contributed by atoms with E-state index in [1.165, 1.54) is 12.1 Å². The fourth-order valence-corrected chi connectivity index (χ4v) is 4.04. The summed E-state index contributed by atoms with van der Waals surface area (Å²) in [6, 6.07) is 6.58. The second-order valence-corrected chi connectivity index (χ2v) is 9.65. The van der Waals surface area contributed by atoms with Gasteiger partial charge in [-0.1, -0.05) is 108 Å². The molecule has 2 nitrogen and oxygen atoms in total. The van der Waals surface area contributed by atoms with Crippen molar-refractivity contribution in [2.75, 3.05) is 13.1 Å². The number of hydrogen-bond donors (Lipinski definition) is 0. The number of allylic oxidation sites excluding steroid dienone is 9. The van der Waals surface area contributed by atoms with E-state index in [4.69, 9.17) is 0 Å². The van der Waals surface area contributed by atoms with E-state index in [9.17, 15) is 9.18 Å². The van der Waals surface area contributed by atoms with Crippen LogP contribution in [0.1, 0.15) is 73.3 Å². The van der Waals surface area contributed by atoms with Crippen molar-refractivity contribution in [3.8, 4) is 0 Å². The number of benzene rings is 1. The number of carbonyl (C=O) groups is 1. The van der Waals surface area contributed by atoms with Gasteiger partial charge in [-0.2, -0.15) is 29.7 Å². The molecule has 1 heterocycles. The Kier molecular flexibility index (Phi) is 19.7. The number of rotatable bonds is 6. The maximum atomic E-state index is 13.2. The predicted molar refractivity (Wildman–Crippen MR) is 157 cm³/mol. The molecule has 4 heteroatoms. The first-order valence-corrected chi connectivity index (χ1v) is 13.5. The molecule has 1 unspecified atom stereocenters. The second kappa shape index (κ2) is 20.5. The van der Waals surface area contributed by atoms with Gasteiger partial charge >= 0.3 is 51.4 Å². The first-order chi connectivity index (χ1) is 17.7. The van der Waals surface area contributed by atoms with Gasteiger partial charge < -0.3 is 4.90 Å². The Morgan fingerprint density at radius 1 is 1.21 bits per heavy atom. The minimum Gasteiger partial charge on any atom is -0.340 e. The van der Waals surface area contributed by atoms with Crippen molar-refractivity contribution >= 4 is 5.91 Å². The number of nitrogens with zero attached hydrogens (tertiary/aromatic N) is 1. The number of carbonyl (C=O) groups excluding carboxylic acids is 1. The van der Waals surface area contributed by atoms with E-state index in [-0.39, 0.29) is 63.1 Å². The summed E-state index contributed by atoms with van der Waals surface area (Å²) < 4.78 is 13.2. The Hall–Kier alpha value is -1.43. The third-order valence-corrected chi connectivity index (χ3v) is 5.98. The molecule has 202 valence electrons. The molecule has 1 aliphatic heterocycles. The predicted octanol–water partition coefficient (Wildman–Crippen LogP) is 6.00. The maximum absolute atomic E-state index is 13.2. The molecular formula is C34H46FKNO-. The molecule has 1 amide bonds. The van der Waals surface area contributed by atoms with Crippen molar-refractivity contribution < 1.29 is 60.6 Å². The summed E-state index contributed by atoms with van der Waals surface area (Å²) in [5.74, 6) is 1.91. The van der Waals surface area contributed by atoms with Crippen molar-refractivity contribution in [2.45, 2.75) is 67.7 Å². The van der Waals surface area contributed by atoms with Crippen molar-refractivity contribution in [3.05, 3.63) is 113 Å². The summed E-state index contributed by atoms with van der Waals surface area (Å²) in [7, 11) is 0. The zero-order valence-electron chi connectivity index (χ0n) is 25.0. The Balaban J connectivity index is 0.00000107. The third-order valence-electron chi connectivity index (χ3n) is 5.98. The van der Waals surface area contributed by atoms with Crippen LogP contribution in [0.15, 0.2) is 90.1 Å². The summed E-state index contributed by atoms with van der Waals surface area (Å²) in [5.41, 5.74) is 3.88. The first kappa shape index (κ1) is 36.6. The number of amides is 1. The molecule has 0 bridgehead atoms. The fraction of sp³-hybridized carbons (Fsp3) is 0.412. The van der Waals surface area contributed by atoms with Gasteiger partial charge in [0, 0.05) is 13.1 Å². The topological polar surface area (TPSA) is 20.3 Å². The van der Waals surface area contributed by atoms with Gasteiger partial charge in [0.2, 0.25) is 5.91 Å². The van der Waals surface area contributed by atoms with Crippen LogP contribution in [0.5, 0.6) is 0 Å². The van der Waals surface area contributed by atoms with Crippen molar-refractivity contribution in [2.24, 2.45) is 11.8 Å². The summed E-state index contributed by atoms with van der Waals surface area (Å²) in [4.78, 5) is 14.9. The Morgan fingerprint density at radius 3 is 2.42 bits per heavy atom. The molecule has 1 aliphatic carbocycles. The van der Waals surface area contributed by atoms with Gasteiger partial charge in [0.25, 0.3) is 0 Å². The van der Waals surface area contributed by atoms with Crippen LogP contribution in [0, 0.1) is 29.6 Å². The molecule has 1 saturated heterocycles. The average molecular weight is 543 g/mol. The van der Waals surface area contributed by atoms with Crippen LogP contribution in [0.4, 0.5) is 4.39 Å². The summed E-state index contributed by atoms with van der Waals surface area (Å²) in [5, 5.41) is 0. The van der Waals surface area contributed by atoms with Gasteiger partial charge in [-0.25, -0.2) is 9.96 Å². The number of halogens is 1. The Labute approximate surface area is 275 Å². The molecule has 1 aromatic carbocycles. The van der Waals surface area contributed by atoms with Crippen LogP contribution >= 0.6 is 0 Å². The fourth-order valence-electron chi connectivity index (χ4n) is 4.04. The van der Waals surface area contributed by atoms with E-state index in [0.29, 0.717) is 18.3 Å². The second-order valence-electron chi connectivity index (χ2n) is 9.65. The standard InChI is InChI=1S/C24H28FNO.C8H12.C2H6.K/c1-17-5-4-6-22(24(27)26-12-11-18(2)16-26)15-20(13-17)14-19(3)21-7-9-23(25)10-8-21;1-4-5-6-7-8(2)3;1-2;/h4,6-10,15,17-18H,5,11-12,14,16H2,1-3H3;4-7H,2H2,1,3H3;1-2H3;/q-2;;;+1/b6-4+,22-15+;5-4-,7-6-;;/t17?,18-;;;/m0.../s1.